The van der Waals surface area contributed by atoms with Crippen LogP contribution in [0.1, 0.15) is 36.8 Å². The quantitative estimate of drug-likeness (QED) is 0.774. The summed E-state index contributed by atoms with van der Waals surface area (Å²) in [5, 5.41) is 19.2. The largest absolute Gasteiger partial charge is 0.491 e. The van der Waals surface area contributed by atoms with Crippen LogP contribution in [0.25, 0.3) is 0 Å². The minimum absolute atomic E-state index is 0.253. The highest BCUT2D eigenvalue weighted by molar-refractivity contribution is 5.35. The lowest BCUT2D eigenvalue weighted by Crippen LogP contribution is -2.38. The van der Waals surface area contributed by atoms with Crippen LogP contribution in [0.2, 0.25) is 0 Å². The van der Waals surface area contributed by atoms with Gasteiger partial charge in [0.2, 0.25) is 0 Å². The van der Waals surface area contributed by atoms with Crippen molar-refractivity contribution in [2.24, 2.45) is 0 Å². The summed E-state index contributed by atoms with van der Waals surface area (Å²) in [6.45, 7) is 6.33. The smallest absolute Gasteiger partial charge is 0.122 e. The Morgan fingerprint density at radius 3 is 2.95 bits per heavy atom. The van der Waals surface area contributed by atoms with Gasteiger partial charge < -0.3 is 14.9 Å². The zero-order valence-corrected chi connectivity index (χ0v) is 13.8. The van der Waals surface area contributed by atoms with E-state index in [1.54, 1.807) is 0 Å². The molecule has 0 spiro atoms. The molecular weight excluding hydrogens is 278 g/mol. The number of aliphatic hydroxyl groups is 2. The first-order valence-electron chi connectivity index (χ1n) is 8.33. The molecule has 1 aromatic rings. The molecule has 1 fully saturated rings. The number of aliphatic hydroxyl groups excluding tert-OH is 2. The van der Waals surface area contributed by atoms with Crippen molar-refractivity contribution in [2.45, 2.75) is 51.7 Å². The van der Waals surface area contributed by atoms with Crippen molar-refractivity contribution in [1.82, 2.24) is 4.90 Å². The SMILES string of the molecule is Cc1ccc(C)c(OCC(O)CN2CCCC2CCCO)c1. The molecule has 0 aromatic heterocycles. The summed E-state index contributed by atoms with van der Waals surface area (Å²) >= 11 is 0. The van der Waals surface area contributed by atoms with Crippen LogP contribution in [0.15, 0.2) is 18.2 Å². The van der Waals surface area contributed by atoms with Crippen LogP contribution in [0.3, 0.4) is 0 Å². The number of β-amino-alcohol motifs (C(OH)–C–C–N with tert-alkyl or cyclic N) is 1. The van der Waals surface area contributed by atoms with E-state index in [0.717, 1.165) is 30.7 Å². The second-order valence-corrected chi connectivity index (χ2v) is 6.39. The minimum atomic E-state index is -0.477. The number of hydrogen-bond donors (Lipinski definition) is 2. The maximum atomic E-state index is 10.3. The monoisotopic (exact) mass is 307 g/mol. The fraction of sp³-hybridized carbons (Fsp3) is 0.667. The molecule has 2 rings (SSSR count). The predicted molar refractivity (Wildman–Crippen MR) is 88.3 cm³/mol. The van der Waals surface area contributed by atoms with Crippen molar-refractivity contribution in [3.8, 4) is 5.75 Å². The molecule has 0 amide bonds. The summed E-state index contributed by atoms with van der Waals surface area (Å²) in [6.07, 6.45) is 3.73. The maximum absolute atomic E-state index is 10.3. The fourth-order valence-electron chi connectivity index (χ4n) is 3.16. The maximum Gasteiger partial charge on any atom is 0.122 e. The molecule has 2 unspecified atom stereocenters. The van der Waals surface area contributed by atoms with E-state index >= 15 is 0 Å². The van der Waals surface area contributed by atoms with Crippen molar-refractivity contribution in [3.05, 3.63) is 29.3 Å². The van der Waals surface area contributed by atoms with Gasteiger partial charge in [-0.05, 0) is 63.3 Å². The third-order valence-corrected chi connectivity index (χ3v) is 4.41. The number of aryl methyl sites for hydroxylation is 2. The summed E-state index contributed by atoms with van der Waals surface area (Å²) in [7, 11) is 0. The summed E-state index contributed by atoms with van der Waals surface area (Å²) in [5.74, 6) is 0.859. The molecule has 1 aromatic carbocycles. The molecule has 0 bridgehead atoms. The Morgan fingerprint density at radius 1 is 1.36 bits per heavy atom. The van der Waals surface area contributed by atoms with Crippen LogP contribution in [-0.2, 0) is 0 Å². The summed E-state index contributed by atoms with van der Waals surface area (Å²) in [4.78, 5) is 2.34. The summed E-state index contributed by atoms with van der Waals surface area (Å²) in [6, 6.07) is 6.63. The van der Waals surface area contributed by atoms with E-state index < -0.39 is 6.10 Å². The van der Waals surface area contributed by atoms with Gasteiger partial charge >= 0.3 is 0 Å². The van der Waals surface area contributed by atoms with Gasteiger partial charge in [-0.25, -0.2) is 0 Å². The van der Waals surface area contributed by atoms with Gasteiger partial charge in [0.15, 0.2) is 0 Å². The highest BCUT2D eigenvalue weighted by atomic mass is 16.5. The summed E-state index contributed by atoms with van der Waals surface area (Å²) < 4.78 is 5.79. The molecule has 0 aliphatic carbocycles. The van der Waals surface area contributed by atoms with Gasteiger partial charge in [0, 0.05) is 19.2 Å². The molecule has 1 aliphatic heterocycles. The summed E-state index contributed by atoms with van der Waals surface area (Å²) in [5.41, 5.74) is 2.26. The van der Waals surface area contributed by atoms with Crippen LogP contribution in [-0.4, -0.2) is 53.6 Å². The van der Waals surface area contributed by atoms with Crippen LogP contribution < -0.4 is 4.74 Å². The molecule has 22 heavy (non-hydrogen) atoms. The van der Waals surface area contributed by atoms with Crippen LogP contribution in [0, 0.1) is 13.8 Å². The van der Waals surface area contributed by atoms with Gasteiger partial charge in [0.05, 0.1) is 0 Å². The number of benzene rings is 1. The Balaban J connectivity index is 1.79. The van der Waals surface area contributed by atoms with Gasteiger partial charge in [-0.1, -0.05) is 12.1 Å². The van der Waals surface area contributed by atoms with Gasteiger partial charge in [-0.3, -0.25) is 4.90 Å². The zero-order valence-electron chi connectivity index (χ0n) is 13.8. The lowest BCUT2D eigenvalue weighted by atomic mass is 10.1. The molecule has 4 heteroatoms. The minimum Gasteiger partial charge on any atom is -0.491 e. The predicted octanol–water partition coefficient (Wildman–Crippen LogP) is 2.28. The van der Waals surface area contributed by atoms with Crippen molar-refractivity contribution in [3.63, 3.8) is 0 Å². The first-order valence-corrected chi connectivity index (χ1v) is 8.33. The third kappa shape index (κ3) is 4.97. The lowest BCUT2D eigenvalue weighted by Gasteiger charge is -2.26. The molecule has 0 saturated carbocycles. The highest BCUT2D eigenvalue weighted by Gasteiger charge is 2.25. The van der Waals surface area contributed by atoms with E-state index in [0.29, 0.717) is 19.2 Å². The zero-order chi connectivity index (χ0) is 15.9. The fourth-order valence-corrected chi connectivity index (χ4v) is 3.16. The highest BCUT2D eigenvalue weighted by Crippen LogP contribution is 2.22. The van der Waals surface area contributed by atoms with Crippen molar-refractivity contribution in [2.75, 3.05) is 26.3 Å². The topological polar surface area (TPSA) is 52.9 Å². The average Bonchev–Trinajstić information content (AvgIpc) is 2.93. The Hall–Kier alpha value is -1.10. The van der Waals surface area contributed by atoms with Gasteiger partial charge in [0.1, 0.15) is 18.5 Å². The van der Waals surface area contributed by atoms with Crippen LogP contribution >= 0.6 is 0 Å². The molecule has 1 aliphatic rings. The van der Waals surface area contributed by atoms with E-state index in [1.165, 1.54) is 18.4 Å². The number of hydrogen-bond acceptors (Lipinski definition) is 4. The molecule has 1 saturated heterocycles. The number of rotatable bonds is 8. The first-order chi connectivity index (χ1) is 10.6. The van der Waals surface area contributed by atoms with Crippen LogP contribution in [0.5, 0.6) is 5.75 Å². The Labute approximate surface area is 133 Å². The van der Waals surface area contributed by atoms with E-state index in [-0.39, 0.29) is 6.61 Å². The number of likely N-dealkylation sites (tertiary alicyclic amines) is 1. The molecule has 2 atom stereocenters. The third-order valence-electron chi connectivity index (χ3n) is 4.41. The molecule has 124 valence electrons. The second kappa shape index (κ2) is 8.51. The molecule has 0 radical (unpaired) electrons. The van der Waals surface area contributed by atoms with Gasteiger partial charge in [-0.2, -0.15) is 0 Å². The number of nitrogens with zero attached hydrogens (tertiary/aromatic N) is 1. The standard InChI is InChI=1S/C18H29NO3/c1-14-7-8-15(2)18(11-14)22-13-17(21)12-19-9-3-5-16(19)6-4-10-20/h7-8,11,16-17,20-21H,3-6,9-10,12-13H2,1-2H3. The Bertz CT molecular complexity index is 464. The van der Waals surface area contributed by atoms with Crippen molar-refractivity contribution in [1.29, 1.82) is 0 Å². The van der Waals surface area contributed by atoms with E-state index in [4.69, 9.17) is 9.84 Å². The molecule has 1 heterocycles. The second-order valence-electron chi connectivity index (χ2n) is 6.39. The first kappa shape index (κ1) is 17.3. The van der Waals surface area contributed by atoms with E-state index in [1.807, 2.05) is 26.0 Å². The van der Waals surface area contributed by atoms with Crippen molar-refractivity contribution >= 4 is 0 Å². The van der Waals surface area contributed by atoms with E-state index in [9.17, 15) is 5.11 Å². The average molecular weight is 307 g/mol. The molecule has 2 N–H and O–H groups in total. The Kier molecular flexibility index (Phi) is 6.68. The van der Waals surface area contributed by atoms with Crippen LogP contribution in [0.4, 0.5) is 0 Å². The van der Waals surface area contributed by atoms with E-state index in [2.05, 4.69) is 11.0 Å². The van der Waals surface area contributed by atoms with Gasteiger partial charge in [0.25, 0.3) is 0 Å². The lowest BCUT2D eigenvalue weighted by molar-refractivity contribution is 0.0615. The number of ether oxygens (including phenoxy) is 1. The van der Waals surface area contributed by atoms with Gasteiger partial charge in [-0.15, -0.1) is 0 Å². The normalized spacial score (nSPS) is 20.3. The molecule has 4 nitrogen and oxygen atoms in total. The van der Waals surface area contributed by atoms with Crippen molar-refractivity contribution < 1.29 is 14.9 Å². The molecular formula is C18H29NO3. The Morgan fingerprint density at radius 2 is 2.18 bits per heavy atom.